The van der Waals surface area contributed by atoms with Crippen LogP contribution >= 0.6 is 12.9 Å². The minimum absolute atomic E-state index is 0.259. The number of hydrogen-bond donors (Lipinski definition) is 0. The molecule has 0 unspecified atom stereocenters. The molecule has 0 saturated heterocycles. The summed E-state index contributed by atoms with van der Waals surface area (Å²) < 4.78 is 6.57. The third-order valence-corrected chi connectivity index (χ3v) is 5.20. The summed E-state index contributed by atoms with van der Waals surface area (Å²) in [5.74, 6) is 0.898. The predicted molar refractivity (Wildman–Crippen MR) is 72.7 cm³/mol. The predicted octanol–water partition coefficient (Wildman–Crippen LogP) is 3.00. The van der Waals surface area contributed by atoms with Crippen LogP contribution in [0, 0.1) is 0 Å². The molecule has 0 amide bonds. The van der Waals surface area contributed by atoms with Crippen molar-refractivity contribution in [3.63, 3.8) is 0 Å². The Morgan fingerprint density at radius 3 is 2.38 bits per heavy atom. The SMILES string of the molecule is COc1ccc(-c2ccc[c]([Mg][Br])c2)cc1. The molecule has 1 nitrogen and oxygen atoms in total. The fourth-order valence-electron chi connectivity index (χ4n) is 1.62. The molecule has 0 aliphatic heterocycles. The number of ether oxygens (including phenoxy) is 1. The molecule has 0 saturated carbocycles. The van der Waals surface area contributed by atoms with Gasteiger partial charge >= 0.3 is 18.2 Å². The Morgan fingerprint density at radius 2 is 1.75 bits per heavy atom. The molecule has 16 heavy (non-hydrogen) atoms. The van der Waals surface area contributed by atoms with Gasteiger partial charge in [-0.05, 0) is 23.3 Å². The molecule has 78 valence electrons. The second-order valence-electron chi connectivity index (χ2n) is 3.56. The zero-order valence-corrected chi connectivity index (χ0v) is 12.1. The first-order valence-corrected chi connectivity index (χ1v) is 9.73. The van der Waals surface area contributed by atoms with E-state index in [1.165, 1.54) is 14.8 Å². The van der Waals surface area contributed by atoms with Crippen molar-refractivity contribution in [3.05, 3.63) is 48.5 Å². The van der Waals surface area contributed by atoms with Gasteiger partial charge in [0.05, 0.1) is 7.11 Å². The van der Waals surface area contributed by atoms with Crippen LogP contribution in [0.5, 0.6) is 5.75 Å². The van der Waals surface area contributed by atoms with Crippen LogP contribution in [0.15, 0.2) is 48.5 Å². The van der Waals surface area contributed by atoms with Gasteiger partial charge in [0.2, 0.25) is 0 Å². The van der Waals surface area contributed by atoms with Gasteiger partial charge < -0.3 is 4.74 Å². The number of rotatable bonds is 3. The Kier molecular flexibility index (Phi) is 4.26. The molecule has 0 bridgehead atoms. The van der Waals surface area contributed by atoms with Crippen molar-refractivity contribution in [2.75, 3.05) is 7.11 Å². The topological polar surface area (TPSA) is 9.23 Å². The summed E-state index contributed by atoms with van der Waals surface area (Å²) in [7, 11) is 1.69. The van der Waals surface area contributed by atoms with Gasteiger partial charge in [-0.2, -0.15) is 3.69 Å². The highest BCUT2D eigenvalue weighted by Gasteiger charge is 2.00. The summed E-state index contributed by atoms with van der Waals surface area (Å²) in [6, 6.07) is 16.9. The van der Waals surface area contributed by atoms with Crippen molar-refractivity contribution in [1.29, 1.82) is 0 Å². The molecule has 0 aliphatic carbocycles. The van der Waals surface area contributed by atoms with Crippen LogP contribution in [0.25, 0.3) is 11.1 Å². The molecule has 0 spiro atoms. The number of halogens is 1. The summed E-state index contributed by atoms with van der Waals surface area (Å²) in [6.45, 7) is 0. The first-order chi connectivity index (χ1) is 7.83. The van der Waals surface area contributed by atoms with Gasteiger partial charge in [-0.1, -0.05) is 36.4 Å². The van der Waals surface area contributed by atoms with Crippen molar-refractivity contribution in [3.8, 4) is 16.9 Å². The summed E-state index contributed by atoms with van der Waals surface area (Å²) in [5.41, 5.74) is 2.50. The molecule has 0 aliphatic rings. The third kappa shape index (κ3) is 2.78. The minimum atomic E-state index is -0.259. The first kappa shape index (κ1) is 12.0. The summed E-state index contributed by atoms with van der Waals surface area (Å²) >= 11 is 3.35. The lowest BCUT2D eigenvalue weighted by Gasteiger charge is -2.05. The summed E-state index contributed by atoms with van der Waals surface area (Å²) in [4.78, 5) is 0. The Bertz CT molecular complexity index is 468. The molecular formula is C13H11BrMgO. The van der Waals surface area contributed by atoms with Crippen molar-refractivity contribution in [2.24, 2.45) is 0 Å². The molecule has 0 N–H and O–H groups in total. The quantitative estimate of drug-likeness (QED) is 0.789. The molecule has 2 aromatic rings. The smallest absolute Gasteiger partial charge is 0.497 e. The maximum Gasteiger partial charge on any atom is 0.506 e. The summed E-state index contributed by atoms with van der Waals surface area (Å²) in [6.07, 6.45) is 0. The van der Waals surface area contributed by atoms with Crippen LogP contribution in [0.1, 0.15) is 0 Å². The van der Waals surface area contributed by atoms with E-state index in [4.69, 9.17) is 4.74 Å². The van der Waals surface area contributed by atoms with Crippen molar-refractivity contribution in [1.82, 2.24) is 0 Å². The molecule has 2 aromatic carbocycles. The van der Waals surface area contributed by atoms with Crippen LogP contribution in [-0.2, 0) is 0 Å². The van der Waals surface area contributed by atoms with Gasteiger partial charge in [-0.25, -0.2) is 0 Å². The molecule has 2 rings (SSSR count). The maximum atomic E-state index is 5.15. The van der Waals surface area contributed by atoms with Crippen molar-refractivity contribution >= 4 is 34.8 Å². The van der Waals surface area contributed by atoms with Gasteiger partial charge in [0.25, 0.3) is 0 Å². The van der Waals surface area contributed by atoms with E-state index in [1.54, 1.807) is 7.11 Å². The van der Waals surface area contributed by atoms with E-state index in [9.17, 15) is 0 Å². The summed E-state index contributed by atoms with van der Waals surface area (Å²) in [5, 5.41) is 0. The zero-order valence-electron chi connectivity index (χ0n) is 9.11. The number of hydrogen-bond acceptors (Lipinski definition) is 1. The van der Waals surface area contributed by atoms with E-state index in [1.807, 2.05) is 12.1 Å². The van der Waals surface area contributed by atoms with Crippen molar-refractivity contribution in [2.45, 2.75) is 0 Å². The van der Waals surface area contributed by atoms with E-state index < -0.39 is 0 Å². The van der Waals surface area contributed by atoms with Crippen LogP contribution in [0.4, 0.5) is 0 Å². The van der Waals surface area contributed by atoms with Gasteiger partial charge in [0.1, 0.15) is 5.75 Å². The van der Waals surface area contributed by atoms with Crippen LogP contribution in [0.3, 0.4) is 0 Å². The van der Waals surface area contributed by atoms with E-state index in [0.29, 0.717) is 0 Å². The average Bonchev–Trinajstić information content (AvgIpc) is 2.39. The van der Waals surface area contributed by atoms with Gasteiger partial charge in [-0.3, -0.25) is 12.9 Å². The minimum Gasteiger partial charge on any atom is -0.497 e. The molecule has 3 heteroatoms. The third-order valence-electron chi connectivity index (χ3n) is 2.50. The van der Waals surface area contributed by atoms with E-state index >= 15 is 0 Å². The largest absolute Gasteiger partial charge is 0.506 e. The Hall–Kier alpha value is -0.514. The monoisotopic (exact) mass is 286 g/mol. The highest BCUT2D eigenvalue weighted by atomic mass is 79.9. The second-order valence-corrected chi connectivity index (χ2v) is 6.33. The lowest BCUT2D eigenvalue weighted by Crippen LogP contribution is -2.06. The lowest BCUT2D eigenvalue weighted by molar-refractivity contribution is 0.415. The number of benzene rings is 2. The average molecular weight is 287 g/mol. The molecule has 0 heterocycles. The van der Waals surface area contributed by atoms with E-state index in [2.05, 4.69) is 49.3 Å². The van der Waals surface area contributed by atoms with Crippen molar-refractivity contribution < 1.29 is 4.74 Å². The number of methoxy groups -OCH3 is 1. The Balaban J connectivity index is 2.34. The molecular weight excluding hydrogens is 276 g/mol. The highest BCUT2D eigenvalue weighted by Crippen LogP contribution is 2.21. The van der Waals surface area contributed by atoms with E-state index in [-0.39, 0.29) is 18.2 Å². The zero-order chi connectivity index (χ0) is 11.4. The second kappa shape index (κ2) is 5.71. The Labute approximate surface area is 111 Å². The van der Waals surface area contributed by atoms with Crippen LogP contribution < -0.4 is 8.43 Å². The fraction of sp³-hybridized carbons (Fsp3) is 0.0769. The van der Waals surface area contributed by atoms with Gasteiger partial charge in [0.15, 0.2) is 0 Å². The highest BCUT2D eigenvalue weighted by molar-refractivity contribution is 9.23. The molecule has 0 aromatic heterocycles. The molecule has 0 atom stereocenters. The molecule has 0 fully saturated rings. The first-order valence-electron chi connectivity index (χ1n) is 5.13. The maximum absolute atomic E-state index is 5.15. The van der Waals surface area contributed by atoms with Gasteiger partial charge in [-0.15, -0.1) is 0 Å². The normalized spacial score (nSPS) is 9.62. The van der Waals surface area contributed by atoms with Gasteiger partial charge in [0, 0.05) is 0 Å². The standard InChI is InChI=1S/C13H11O.BrH.Mg/c1-14-13-9-7-12(8-10-13)11-5-3-2-4-6-11;;/h2-3,5-10H,1H3;1H;/q;;+1/p-1. The van der Waals surface area contributed by atoms with Crippen LogP contribution in [-0.4, -0.2) is 25.3 Å². The van der Waals surface area contributed by atoms with E-state index in [0.717, 1.165) is 5.75 Å². The molecule has 0 radical (unpaired) electrons. The van der Waals surface area contributed by atoms with Crippen LogP contribution in [0.2, 0.25) is 0 Å². The fourth-order valence-corrected chi connectivity index (χ4v) is 3.19. The lowest BCUT2D eigenvalue weighted by atomic mass is 10.1. The Morgan fingerprint density at radius 1 is 1.00 bits per heavy atom.